The van der Waals surface area contributed by atoms with Crippen LogP contribution >= 0.6 is 0 Å². The summed E-state index contributed by atoms with van der Waals surface area (Å²) in [4.78, 5) is 16.1. The van der Waals surface area contributed by atoms with Gasteiger partial charge in [-0.05, 0) is 44.5 Å². The molecule has 2 aromatic heterocycles. The Bertz CT molecular complexity index is 926. The highest BCUT2D eigenvalue weighted by Crippen LogP contribution is 2.28. The number of nitrogens with zero attached hydrogens (tertiary/aromatic N) is 3. The fourth-order valence-electron chi connectivity index (χ4n) is 2.56. The van der Waals surface area contributed by atoms with Gasteiger partial charge < -0.3 is 10.6 Å². The maximum Gasteiger partial charge on any atom is 0.248 e. The molecule has 6 heteroatoms. The van der Waals surface area contributed by atoms with Crippen LogP contribution in [0.15, 0.2) is 48.9 Å². The Kier molecular flexibility index (Phi) is 4.29. The van der Waals surface area contributed by atoms with E-state index in [1.54, 1.807) is 23.7 Å². The number of amides is 1. The standard InChI is InChI=1S/C18H19N5O/c1-4-6-16(24)22-15-10-23-17(13(15)3)18(19-11-20-23)21-14-8-5-7-12(2)9-14/h4-11H,1-3H3,(H,22,24)(H,19,20,21)/b6-4+. The molecule has 0 fully saturated rings. The summed E-state index contributed by atoms with van der Waals surface area (Å²) in [6.45, 7) is 5.78. The van der Waals surface area contributed by atoms with Gasteiger partial charge in [-0.15, -0.1) is 0 Å². The predicted molar refractivity (Wildman–Crippen MR) is 95.6 cm³/mol. The summed E-state index contributed by atoms with van der Waals surface area (Å²) in [5.41, 5.74) is 4.57. The molecule has 0 atom stereocenters. The predicted octanol–water partition coefficient (Wildman–Crippen LogP) is 3.60. The second-order valence-electron chi connectivity index (χ2n) is 5.55. The van der Waals surface area contributed by atoms with Crippen molar-refractivity contribution in [3.05, 3.63) is 60.1 Å². The highest BCUT2D eigenvalue weighted by Gasteiger charge is 2.14. The Labute approximate surface area is 140 Å². The second kappa shape index (κ2) is 6.54. The van der Waals surface area contributed by atoms with Crippen LogP contribution in [-0.4, -0.2) is 20.5 Å². The van der Waals surface area contributed by atoms with Crippen molar-refractivity contribution >= 4 is 28.6 Å². The van der Waals surface area contributed by atoms with E-state index in [0.29, 0.717) is 11.5 Å². The number of rotatable bonds is 4. The van der Waals surface area contributed by atoms with Crippen LogP contribution in [0.3, 0.4) is 0 Å². The van der Waals surface area contributed by atoms with Gasteiger partial charge in [-0.2, -0.15) is 5.10 Å². The maximum atomic E-state index is 11.8. The van der Waals surface area contributed by atoms with Crippen LogP contribution in [0.1, 0.15) is 18.1 Å². The number of aromatic nitrogens is 3. The van der Waals surface area contributed by atoms with E-state index in [4.69, 9.17) is 0 Å². The molecule has 6 nitrogen and oxygen atoms in total. The molecule has 3 rings (SSSR count). The second-order valence-corrected chi connectivity index (χ2v) is 5.55. The van der Waals surface area contributed by atoms with Crippen molar-refractivity contribution in [2.24, 2.45) is 0 Å². The summed E-state index contributed by atoms with van der Waals surface area (Å²) < 4.78 is 1.71. The highest BCUT2D eigenvalue weighted by atomic mass is 16.1. The third-order valence-electron chi connectivity index (χ3n) is 3.68. The van der Waals surface area contributed by atoms with Gasteiger partial charge in [0, 0.05) is 11.3 Å². The van der Waals surface area contributed by atoms with Crippen LogP contribution in [0.2, 0.25) is 0 Å². The Hall–Kier alpha value is -3.15. The number of carbonyl (C=O) groups excluding carboxylic acids is 1. The number of carbonyl (C=O) groups is 1. The first-order valence-corrected chi connectivity index (χ1v) is 7.69. The van der Waals surface area contributed by atoms with E-state index < -0.39 is 0 Å². The molecule has 2 N–H and O–H groups in total. The zero-order valence-electron chi connectivity index (χ0n) is 13.9. The molecule has 0 radical (unpaired) electrons. The van der Waals surface area contributed by atoms with Crippen molar-refractivity contribution in [2.45, 2.75) is 20.8 Å². The van der Waals surface area contributed by atoms with Gasteiger partial charge in [-0.1, -0.05) is 18.2 Å². The lowest BCUT2D eigenvalue weighted by molar-refractivity contribution is -0.111. The molecule has 0 aliphatic rings. The Morgan fingerprint density at radius 2 is 2.12 bits per heavy atom. The number of aryl methyl sites for hydroxylation is 2. The molecular weight excluding hydrogens is 302 g/mol. The summed E-state index contributed by atoms with van der Waals surface area (Å²) in [5.74, 6) is 0.525. The van der Waals surface area contributed by atoms with E-state index in [0.717, 1.165) is 22.3 Å². The van der Waals surface area contributed by atoms with E-state index in [1.165, 1.54) is 12.4 Å². The molecule has 0 aliphatic heterocycles. The van der Waals surface area contributed by atoms with Crippen LogP contribution < -0.4 is 10.6 Å². The van der Waals surface area contributed by atoms with Crippen LogP contribution in [0.4, 0.5) is 17.2 Å². The minimum Gasteiger partial charge on any atom is -0.338 e. The largest absolute Gasteiger partial charge is 0.338 e. The van der Waals surface area contributed by atoms with Crippen molar-refractivity contribution in [2.75, 3.05) is 10.6 Å². The van der Waals surface area contributed by atoms with Gasteiger partial charge in [0.25, 0.3) is 0 Å². The summed E-state index contributed by atoms with van der Waals surface area (Å²) >= 11 is 0. The van der Waals surface area contributed by atoms with E-state index in [2.05, 4.69) is 20.7 Å². The van der Waals surface area contributed by atoms with E-state index in [1.807, 2.05) is 38.1 Å². The Morgan fingerprint density at radius 1 is 1.29 bits per heavy atom. The average Bonchev–Trinajstić information content (AvgIpc) is 2.85. The number of allylic oxidation sites excluding steroid dienone is 1. The lowest BCUT2D eigenvalue weighted by Gasteiger charge is -2.08. The molecule has 24 heavy (non-hydrogen) atoms. The fraction of sp³-hybridized carbons (Fsp3) is 0.167. The van der Waals surface area contributed by atoms with Crippen molar-refractivity contribution in [1.29, 1.82) is 0 Å². The lowest BCUT2D eigenvalue weighted by Crippen LogP contribution is -2.07. The Balaban J connectivity index is 2.00. The molecule has 0 bridgehead atoms. The summed E-state index contributed by atoms with van der Waals surface area (Å²) in [6, 6.07) is 8.06. The normalized spacial score (nSPS) is 11.1. The molecule has 0 saturated carbocycles. The molecule has 0 spiro atoms. The number of benzene rings is 1. The molecule has 0 unspecified atom stereocenters. The first-order chi connectivity index (χ1) is 11.6. The molecular formula is C18H19N5O. The van der Waals surface area contributed by atoms with Crippen molar-refractivity contribution in [1.82, 2.24) is 14.6 Å². The van der Waals surface area contributed by atoms with Crippen LogP contribution in [0.5, 0.6) is 0 Å². The minimum atomic E-state index is -0.169. The fourth-order valence-corrected chi connectivity index (χ4v) is 2.56. The van der Waals surface area contributed by atoms with Gasteiger partial charge in [-0.3, -0.25) is 4.79 Å². The summed E-state index contributed by atoms with van der Waals surface area (Å²) in [6.07, 6.45) is 6.46. The van der Waals surface area contributed by atoms with Gasteiger partial charge in [0.05, 0.1) is 11.9 Å². The highest BCUT2D eigenvalue weighted by molar-refractivity contribution is 6.01. The van der Waals surface area contributed by atoms with Crippen molar-refractivity contribution < 1.29 is 4.79 Å². The van der Waals surface area contributed by atoms with E-state index in [9.17, 15) is 4.79 Å². The molecule has 3 aromatic rings. The summed E-state index contributed by atoms with van der Waals surface area (Å²) in [5, 5.41) is 10.4. The maximum absolute atomic E-state index is 11.8. The zero-order valence-corrected chi connectivity index (χ0v) is 13.9. The topological polar surface area (TPSA) is 71.3 Å². The first-order valence-electron chi connectivity index (χ1n) is 7.69. The monoisotopic (exact) mass is 321 g/mol. The van der Waals surface area contributed by atoms with Crippen molar-refractivity contribution in [3.8, 4) is 0 Å². The average molecular weight is 321 g/mol. The van der Waals surface area contributed by atoms with Gasteiger partial charge in [0.15, 0.2) is 5.82 Å². The smallest absolute Gasteiger partial charge is 0.248 e. The lowest BCUT2D eigenvalue weighted by atomic mass is 10.2. The van der Waals surface area contributed by atoms with E-state index >= 15 is 0 Å². The van der Waals surface area contributed by atoms with Crippen molar-refractivity contribution in [3.63, 3.8) is 0 Å². The number of hydrogen-bond donors (Lipinski definition) is 2. The van der Waals surface area contributed by atoms with Gasteiger partial charge in [0.2, 0.25) is 5.91 Å². The number of anilines is 3. The molecule has 0 saturated heterocycles. The molecule has 2 heterocycles. The van der Waals surface area contributed by atoms with E-state index in [-0.39, 0.29) is 5.91 Å². The quantitative estimate of drug-likeness (QED) is 0.720. The SMILES string of the molecule is C/C=C/C(=O)Nc1cn2ncnc(Nc3cccc(C)c3)c2c1C. The van der Waals surface area contributed by atoms with Gasteiger partial charge in [-0.25, -0.2) is 9.50 Å². The van der Waals surface area contributed by atoms with Gasteiger partial charge in [0.1, 0.15) is 11.8 Å². The number of fused-ring (bicyclic) bond motifs is 1. The van der Waals surface area contributed by atoms with Gasteiger partial charge >= 0.3 is 0 Å². The molecule has 122 valence electrons. The van der Waals surface area contributed by atoms with Crippen LogP contribution in [0, 0.1) is 13.8 Å². The minimum absolute atomic E-state index is 0.169. The number of nitrogens with one attached hydrogen (secondary N) is 2. The molecule has 0 aliphatic carbocycles. The zero-order chi connectivity index (χ0) is 17.1. The van der Waals surface area contributed by atoms with Crippen LogP contribution in [0.25, 0.3) is 5.52 Å². The third-order valence-corrected chi connectivity index (χ3v) is 3.68. The Morgan fingerprint density at radius 3 is 2.88 bits per heavy atom. The molecule has 1 amide bonds. The van der Waals surface area contributed by atoms with Crippen LogP contribution in [-0.2, 0) is 4.79 Å². The first kappa shape index (κ1) is 15.7. The summed E-state index contributed by atoms with van der Waals surface area (Å²) in [7, 11) is 0. The number of hydrogen-bond acceptors (Lipinski definition) is 4. The third kappa shape index (κ3) is 3.12. The molecule has 1 aromatic carbocycles.